The summed E-state index contributed by atoms with van der Waals surface area (Å²) in [5.41, 5.74) is 7.16. The van der Waals surface area contributed by atoms with E-state index in [1.165, 1.54) is 37.7 Å². The molecule has 1 aromatic carbocycles. The predicted octanol–water partition coefficient (Wildman–Crippen LogP) is 2.47. The van der Waals surface area contributed by atoms with Crippen LogP contribution in [0.4, 0.5) is 0 Å². The van der Waals surface area contributed by atoms with E-state index in [-0.39, 0.29) is 0 Å². The largest absolute Gasteiger partial charge is 0.497 e. The summed E-state index contributed by atoms with van der Waals surface area (Å²) in [4.78, 5) is 4.41. The summed E-state index contributed by atoms with van der Waals surface area (Å²) in [5, 5.41) is 3.33. The maximum Gasteiger partial charge on any atom is 0.188 e. The summed E-state index contributed by atoms with van der Waals surface area (Å²) in [6.07, 6.45) is 7.26. The number of nitrogens with zero attached hydrogens (tertiary/aromatic N) is 1. The lowest BCUT2D eigenvalue weighted by molar-refractivity contribution is 0.412. The fourth-order valence-electron chi connectivity index (χ4n) is 2.64. The number of ether oxygens (including phenoxy) is 1. The smallest absolute Gasteiger partial charge is 0.188 e. The molecule has 0 unspecified atom stereocenters. The van der Waals surface area contributed by atoms with Crippen LogP contribution in [-0.2, 0) is 6.42 Å². The van der Waals surface area contributed by atoms with E-state index in [1.807, 2.05) is 18.2 Å². The van der Waals surface area contributed by atoms with Gasteiger partial charge in [-0.3, -0.25) is 4.99 Å². The molecule has 0 bridgehead atoms. The van der Waals surface area contributed by atoms with Crippen LogP contribution in [-0.4, -0.2) is 25.7 Å². The van der Waals surface area contributed by atoms with Crippen LogP contribution in [0.3, 0.4) is 0 Å². The third kappa shape index (κ3) is 4.76. The molecular weight excluding hydrogens is 250 g/mol. The van der Waals surface area contributed by atoms with Crippen LogP contribution in [0, 0.1) is 0 Å². The third-order valence-electron chi connectivity index (χ3n) is 3.77. The number of aliphatic imine (C=N–C) groups is 1. The highest BCUT2D eigenvalue weighted by atomic mass is 16.5. The fraction of sp³-hybridized carbons (Fsp3) is 0.562. The van der Waals surface area contributed by atoms with Crippen molar-refractivity contribution in [2.45, 2.75) is 44.6 Å². The monoisotopic (exact) mass is 275 g/mol. The second-order valence-corrected chi connectivity index (χ2v) is 5.35. The van der Waals surface area contributed by atoms with Gasteiger partial charge in [0.05, 0.1) is 7.11 Å². The minimum atomic E-state index is 0.518. The summed E-state index contributed by atoms with van der Waals surface area (Å²) >= 11 is 0. The van der Waals surface area contributed by atoms with Crippen molar-refractivity contribution in [3.8, 4) is 5.75 Å². The Bertz CT molecular complexity index is 439. The lowest BCUT2D eigenvalue weighted by Crippen LogP contribution is -2.41. The lowest BCUT2D eigenvalue weighted by Gasteiger charge is -2.23. The Morgan fingerprint density at radius 3 is 2.90 bits per heavy atom. The Labute approximate surface area is 121 Å². The molecule has 1 fully saturated rings. The Hall–Kier alpha value is -1.71. The number of nitrogens with one attached hydrogen (secondary N) is 1. The van der Waals surface area contributed by atoms with Crippen molar-refractivity contribution >= 4 is 5.96 Å². The minimum absolute atomic E-state index is 0.518. The van der Waals surface area contributed by atoms with E-state index in [1.54, 1.807) is 7.11 Å². The topological polar surface area (TPSA) is 59.6 Å². The number of nitrogens with two attached hydrogens (primary N) is 1. The highest BCUT2D eigenvalue weighted by molar-refractivity contribution is 5.78. The standard InChI is InChI=1S/C16H25N3O/c1-20-15-9-5-6-13(12-15)10-11-18-16(17)19-14-7-3-2-4-8-14/h5-6,9,12,14H,2-4,7-8,10-11H2,1H3,(H3,17,18,19). The van der Waals surface area contributed by atoms with E-state index in [0.717, 1.165) is 12.2 Å². The van der Waals surface area contributed by atoms with Crippen LogP contribution < -0.4 is 15.8 Å². The van der Waals surface area contributed by atoms with Gasteiger partial charge in [0, 0.05) is 12.6 Å². The minimum Gasteiger partial charge on any atom is -0.497 e. The summed E-state index contributed by atoms with van der Waals surface area (Å²) in [6, 6.07) is 8.60. The molecule has 1 aliphatic rings. The van der Waals surface area contributed by atoms with Crippen molar-refractivity contribution < 1.29 is 4.74 Å². The Kier molecular flexibility index (Phi) is 5.71. The zero-order valence-electron chi connectivity index (χ0n) is 12.3. The van der Waals surface area contributed by atoms with Crippen LogP contribution in [0.25, 0.3) is 0 Å². The maximum absolute atomic E-state index is 5.94. The van der Waals surface area contributed by atoms with Crippen LogP contribution in [0.5, 0.6) is 5.75 Å². The van der Waals surface area contributed by atoms with Crippen molar-refractivity contribution in [3.05, 3.63) is 29.8 Å². The molecule has 1 saturated carbocycles. The molecule has 3 N–H and O–H groups in total. The Morgan fingerprint density at radius 1 is 1.35 bits per heavy atom. The molecule has 0 atom stereocenters. The number of benzene rings is 1. The van der Waals surface area contributed by atoms with Crippen molar-refractivity contribution in [1.82, 2.24) is 5.32 Å². The quantitative estimate of drug-likeness (QED) is 0.641. The van der Waals surface area contributed by atoms with Crippen molar-refractivity contribution in [1.29, 1.82) is 0 Å². The zero-order valence-corrected chi connectivity index (χ0v) is 12.3. The normalized spacial score (nSPS) is 16.9. The lowest BCUT2D eigenvalue weighted by atomic mass is 9.96. The molecule has 4 heteroatoms. The van der Waals surface area contributed by atoms with Crippen LogP contribution >= 0.6 is 0 Å². The molecule has 0 heterocycles. The molecule has 1 aliphatic carbocycles. The molecular formula is C16H25N3O. The second-order valence-electron chi connectivity index (χ2n) is 5.35. The third-order valence-corrected chi connectivity index (χ3v) is 3.77. The summed E-state index contributed by atoms with van der Waals surface area (Å²) in [6.45, 7) is 0.707. The van der Waals surface area contributed by atoms with E-state index in [4.69, 9.17) is 10.5 Å². The van der Waals surface area contributed by atoms with Crippen LogP contribution in [0.1, 0.15) is 37.7 Å². The SMILES string of the molecule is COc1cccc(CCN=C(N)NC2CCCCC2)c1. The maximum atomic E-state index is 5.94. The highest BCUT2D eigenvalue weighted by Gasteiger charge is 2.13. The number of methoxy groups -OCH3 is 1. The van der Waals surface area contributed by atoms with E-state index >= 15 is 0 Å². The summed E-state index contributed by atoms with van der Waals surface area (Å²) in [5.74, 6) is 1.47. The molecule has 0 aromatic heterocycles. The van der Waals surface area contributed by atoms with Gasteiger partial charge in [0.15, 0.2) is 5.96 Å². The van der Waals surface area contributed by atoms with Gasteiger partial charge in [-0.25, -0.2) is 0 Å². The number of rotatable bonds is 5. The molecule has 0 amide bonds. The number of hydrogen-bond donors (Lipinski definition) is 2. The van der Waals surface area contributed by atoms with Gasteiger partial charge in [-0.05, 0) is 37.0 Å². The highest BCUT2D eigenvalue weighted by Crippen LogP contribution is 2.17. The molecule has 0 aliphatic heterocycles. The van der Waals surface area contributed by atoms with E-state index in [9.17, 15) is 0 Å². The fourth-order valence-corrected chi connectivity index (χ4v) is 2.64. The molecule has 2 rings (SSSR count). The first-order valence-corrected chi connectivity index (χ1v) is 7.47. The first-order valence-electron chi connectivity index (χ1n) is 7.47. The first-order chi connectivity index (χ1) is 9.78. The molecule has 20 heavy (non-hydrogen) atoms. The van der Waals surface area contributed by atoms with Crippen molar-refractivity contribution in [2.24, 2.45) is 10.7 Å². The molecule has 0 radical (unpaired) electrons. The molecule has 110 valence electrons. The van der Waals surface area contributed by atoms with Gasteiger partial charge < -0.3 is 15.8 Å². The van der Waals surface area contributed by atoms with Gasteiger partial charge in [0.1, 0.15) is 5.75 Å². The number of guanidine groups is 1. The van der Waals surface area contributed by atoms with Gasteiger partial charge in [-0.15, -0.1) is 0 Å². The average molecular weight is 275 g/mol. The van der Waals surface area contributed by atoms with E-state index < -0.39 is 0 Å². The average Bonchev–Trinajstić information content (AvgIpc) is 2.48. The number of hydrogen-bond acceptors (Lipinski definition) is 2. The molecule has 0 spiro atoms. The zero-order chi connectivity index (χ0) is 14.2. The summed E-state index contributed by atoms with van der Waals surface area (Å²) < 4.78 is 5.21. The van der Waals surface area contributed by atoms with Crippen molar-refractivity contribution in [2.75, 3.05) is 13.7 Å². The van der Waals surface area contributed by atoms with Gasteiger partial charge >= 0.3 is 0 Å². The van der Waals surface area contributed by atoms with Gasteiger partial charge in [-0.1, -0.05) is 31.4 Å². The van der Waals surface area contributed by atoms with E-state index in [0.29, 0.717) is 18.5 Å². The van der Waals surface area contributed by atoms with Crippen molar-refractivity contribution in [3.63, 3.8) is 0 Å². The van der Waals surface area contributed by atoms with Gasteiger partial charge in [0.25, 0.3) is 0 Å². The van der Waals surface area contributed by atoms with E-state index in [2.05, 4.69) is 16.4 Å². The second kappa shape index (κ2) is 7.78. The van der Waals surface area contributed by atoms with Crippen LogP contribution in [0.15, 0.2) is 29.3 Å². The molecule has 1 aromatic rings. The first kappa shape index (κ1) is 14.7. The predicted molar refractivity (Wildman–Crippen MR) is 83.2 cm³/mol. The summed E-state index contributed by atoms with van der Waals surface area (Å²) in [7, 11) is 1.68. The Morgan fingerprint density at radius 2 is 2.15 bits per heavy atom. The van der Waals surface area contributed by atoms with Gasteiger partial charge in [-0.2, -0.15) is 0 Å². The van der Waals surface area contributed by atoms with Crippen LogP contribution in [0.2, 0.25) is 0 Å². The van der Waals surface area contributed by atoms with Gasteiger partial charge in [0.2, 0.25) is 0 Å². The molecule has 0 saturated heterocycles. The Balaban J connectivity index is 1.76. The molecule has 4 nitrogen and oxygen atoms in total.